The van der Waals surface area contributed by atoms with E-state index in [2.05, 4.69) is 13.0 Å². The van der Waals surface area contributed by atoms with Crippen molar-refractivity contribution in [1.29, 1.82) is 5.26 Å². The van der Waals surface area contributed by atoms with Crippen LogP contribution in [0.1, 0.15) is 33.1 Å². The van der Waals surface area contributed by atoms with Gasteiger partial charge in [0.15, 0.2) is 0 Å². The van der Waals surface area contributed by atoms with E-state index in [-0.39, 0.29) is 5.54 Å². The first-order valence-corrected chi connectivity index (χ1v) is 3.28. The largest absolute Gasteiger partial charge is 0.324 e. The summed E-state index contributed by atoms with van der Waals surface area (Å²) in [7, 11) is 0. The number of rotatable bonds is 3. The van der Waals surface area contributed by atoms with Crippen LogP contribution in [0, 0.1) is 11.3 Å². The standard InChI is InChI=1S/C7H14N2/c1-3-4-7(2,9)5-6-8/h3-5,9H2,1-2H3. The molecule has 0 amide bonds. The summed E-state index contributed by atoms with van der Waals surface area (Å²) >= 11 is 0. The summed E-state index contributed by atoms with van der Waals surface area (Å²) in [5.41, 5.74) is 5.45. The molecule has 0 aromatic carbocycles. The van der Waals surface area contributed by atoms with Crippen molar-refractivity contribution in [3.63, 3.8) is 0 Å². The molecule has 1 unspecified atom stereocenters. The summed E-state index contributed by atoms with van der Waals surface area (Å²) in [4.78, 5) is 0. The first-order chi connectivity index (χ1) is 4.12. The van der Waals surface area contributed by atoms with Gasteiger partial charge in [-0.2, -0.15) is 5.26 Å². The molecule has 0 rings (SSSR count). The molecule has 2 nitrogen and oxygen atoms in total. The van der Waals surface area contributed by atoms with Gasteiger partial charge < -0.3 is 5.73 Å². The fourth-order valence-electron chi connectivity index (χ4n) is 0.840. The zero-order valence-corrected chi connectivity index (χ0v) is 6.15. The Hall–Kier alpha value is -0.550. The molecule has 1 atom stereocenters. The third kappa shape index (κ3) is 3.99. The zero-order chi connectivity index (χ0) is 7.33. The van der Waals surface area contributed by atoms with Crippen LogP contribution in [-0.4, -0.2) is 5.54 Å². The van der Waals surface area contributed by atoms with Crippen molar-refractivity contribution >= 4 is 0 Å². The number of nitriles is 1. The fourth-order valence-corrected chi connectivity index (χ4v) is 0.840. The Morgan fingerprint density at radius 2 is 2.22 bits per heavy atom. The maximum absolute atomic E-state index is 8.30. The molecule has 0 aromatic heterocycles. The second kappa shape index (κ2) is 3.47. The van der Waals surface area contributed by atoms with Crippen molar-refractivity contribution in [2.75, 3.05) is 0 Å². The highest BCUT2D eigenvalue weighted by Gasteiger charge is 2.15. The second-order valence-corrected chi connectivity index (χ2v) is 2.74. The molecular weight excluding hydrogens is 112 g/mol. The maximum Gasteiger partial charge on any atom is 0.0640 e. The molecule has 2 N–H and O–H groups in total. The van der Waals surface area contributed by atoms with E-state index in [1.807, 2.05) is 6.92 Å². The zero-order valence-electron chi connectivity index (χ0n) is 6.15. The van der Waals surface area contributed by atoms with E-state index < -0.39 is 0 Å². The number of hydrogen-bond donors (Lipinski definition) is 1. The maximum atomic E-state index is 8.30. The van der Waals surface area contributed by atoms with E-state index in [1.165, 1.54) is 0 Å². The lowest BCUT2D eigenvalue weighted by Gasteiger charge is -2.19. The number of nitrogens with zero attached hydrogens (tertiary/aromatic N) is 1. The van der Waals surface area contributed by atoms with Gasteiger partial charge in [-0.05, 0) is 13.3 Å². The minimum absolute atomic E-state index is 0.260. The SMILES string of the molecule is CCCC(C)(N)CC#N. The predicted octanol–water partition coefficient (Wildman–Crippen LogP) is 1.42. The molecule has 0 radical (unpaired) electrons. The van der Waals surface area contributed by atoms with Crippen molar-refractivity contribution in [3.05, 3.63) is 0 Å². The van der Waals surface area contributed by atoms with E-state index in [0.29, 0.717) is 6.42 Å². The van der Waals surface area contributed by atoms with E-state index in [1.54, 1.807) is 0 Å². The molecular formula is C7H14N2. The van der Waals surface area contributed by atoms with Crippen LogP contribution in [0.5, 0.6) is 0 Å². The third-order valence-corrected chi connectivity index (χ3v) is 1.30. The Balaban J connectivity index is 3.59. The smallest absolute Gasteiger partial charge is 0.0640 e. The molecule has 0 aromatic rings. The molecule has 0 aliphatic rings. The summed E-state index contributed by atoms with van der Waals surface area (Å²) in [5, 5.41) is 8.30. The molecule has 2 heteroatoms. The molecule has 0 aliphatic carbocycles. The van der Waals surface area contributed by atoms with Crippen LogP contribution in [-0.2, 0) is 0 Å². The molecule has 0 fully saturated rings. The van der Waals surface area contributed by atoms with Gasteiger partial charge >= 0.3 is 0 Å². The molecule has 0 aliphatic heterocycles. The molecule has 52 valence electrons. The minimum Gasteiger partial charge on any atom is -0.324 e. The van der Waals surface area contributed by atoms with Gasteiger partial charge in [-0.1, -0.05) is 13.3 Å². The lowest BCUT2D eigenvalue weighted by atomic mass is 9.95. The van der Waals surface area contributed by atoms with Crippen LogP contribution in [0.2, 0.25) is 0 Å². The summed E-state index contributed by atoms with van der Waals surface area (Å²) in [6.07, 6.45) is 2.44. The predicted molar refractivity (Wildman–Crippen MR) is 37.7 cm³/mol. The van der Waals surface area contributed by atoms with Crippen LogP contribution in [0.15, 0.2) is 0 Å². The molecule has 0 heterocycles. The van der Waals surface area contributed by atoms with Crippen LogP contribution in [0.25, 0.3) is 0 Å². The van der Waals surface area contributed by atoms with E-state index in [4.69, 9.17) is 11.0 Å². The van der Waals surface area contributed by atoms with Crippen LogP contribution in [0.4, 0.5) is 0 Å². The first kappa shape index (κ1) is 8.45. The average Bonchev–Trinajstić information content (AvgIpc) is 1.64. The lowest BCUT2D eigenvalue weighted by Crippen LogP contribution is -2.35. The molecule has 0 spiro atoms. The van der Waals surface area contributed by atoms with Gasteiger partial charge in [0.05, 0.1) is 12.5 Å². The van der Waals surface area contributed by atoms with Crippen molar-refractivity contribution in [3.8, 4) is 6.07 Å². The highest BCUT2D eigenvalue weighted by molar-refractivity contribution is 4.88. The van der Waals surface area contributed by atoms with Crippen molar-refractivity contribution in [1.82, 2.24) is 0 Å². The Bertz CT molecular complexity index is 111. The topological polar surface area (TPSA) is 49.8 Å². The average molecular weight is 126 g/mol. The summed E-state index contributed by atoms with van der Waals surface area (Å²) in [6.45, 7) is 3.99. The Kier molecular flexibility index (Phi) is 3.26. The van der Waals surface area contributed by atoms with Crippen molar-refractivity contribution < 1.29 is 0 Å². The van der Waals surface area contributed by atoms with Gasteiger partial charge in [0.1, 0.15) is 0 Å². The fraction of sp³-hybridized carbons (Fsp3) is 0.857. The highest BCUT2D eigenvalue weighted by atomic mass is 14.7. The monoisotopic (exact) mass is 126 g/mol. The van der Waals surface area contributed by atoms with Crippen LogP contribution in [0.3, 0.4) is 0 Å². The normalized spacial score (nSPS) is 16.2. The van der Waals surface area contributed by atoms with Crippen LogP contribution >= 0.6 is 0 Å². The van der Waals surface area contributed by atoms with Gasteiger partial charge in [-0.3, -0.25) is 0 Å². The van der Waals surface area contributed by atoms with Gasteiger partial charge in [-0.15, -0.1) is 0 Å². The highest BCUT2D eigenvalue weighted by Crippen LogP contribution is 2.11. The van der Waals surface area contributed by atoms with E-state index in [0.717, 1.165) is 12.8 Å². The number of hydrogen-bond acceptors (Lipinski definition) is 2. The van der Waals surface area contributed by atoms with Gasteiger partial charge in [0.2, 0.25) is 0 Å². The number of nitrogens with two attached hydrogens (primary N) is 1. The Morgan fingerprint density at radius 3 is 2.56 bits per heavy atom. The van der Waals surface area contributed by atoms with Crippen molar-refractivity contribution in [2.24, 2.45) is 5.73 Å². The lowest BCUT2D eigenvalue weighted by molar-refractivity contribution is 0.436. The Labute approximate surface area is 56.7 Å². The molecule has 0 saturated heterocycles. The molecule has 0 bridgehead atoms. The van der Waals surface area contributed by atoms with Crippen molar-refractivity contribution in [2.45, 2.75) is 38.6 Å². The van der Waals surface area contributed by atoms with E-state index >= 15 is 0 Å². The quantitative estimate of drug-likeness (QED) is 0.621. The summed E-state index contributed by atoms with van der Waals surface area (Å²) in [5.74, 6) is 0. The van der Waals surface area contributed by atoms with Crippen LogP contribution < -0.4 is 5.73 Å². The first-order valence-electron chi connectivity index (χ1n) is 3.28. The molecule has 0 saturated carbocycles. The summed E-state index contributed by atoms with van der Waals surface area (Å²) in [6, 6.07) is 2.07. The van der Waals surface area contributed by atoms with Gasteiger partial charge in [0, 0.05) is 5.54 Å². The Morgan fingerprint density at radius 1 is 1.67 bits per heavy atom. The third-order valence-electron chi connectivity index (χ3n) is 1.30. The van der Waals surface area contributed by atoms with Gasteiger partial charge in [-0.25, -0.2) is 0 Å². The second-order valence-electron chi connectivity index (χ2n) is 2.74. The minimum atomic E-state index is -0.260. The van der Waals surface area contributed by atoms with E-state index in [9.17, 15) is 0 Å². The molecule has 9 heavy (non-hydrogen) atoms. The summed E-state index contributed by atoms with van der Waals surface area (Å²) < 4.78 is 0. The van der Waals surface area contributed by atoms with Gasteiger partial charge in [0.25, 0.3) is 0 Å².